The average molecular weight is 461 g/mol. The van der Waals surface area contributed by atoms with Crippen LogP contribution in [0.5, 0.6) is 5.75 Å². The summed E-state index contributed by atoms with van der Waals surface area (Å²) in [4.78, 5) is 25.1. The Hall–Kier alpha value is -4.07. The molecule has 34 heavy (non-hydrogen) atoms. The van der Waals surface area contributed by atoms with Crippen molar-refractivity contribution in [2.45, 2.75) is 33.2 Å². The van der Waals surface area contributed by atoms with Gasteiger partial charge in [0.15, 0.2) is 0 Å². The molecular weight excluding hydrogens is 432 g/mol. The number of aromatic nitrogens is 2. The maximum Gasteiger partial charge on any atom is 0.337 e. The van der Waals surface area contributed by atoms with Gasteiger partial charge in [-0.3, -0.25) is 0 Å². The molecule has 0 spiro atoms. The van der Waals surface area contributed by atoms with Crippen LogP contribution < -0.4 is 15.4 Å². The second-order valence-corrected chi connectivity index (χ2v) is 8.10. The Bertz CT molecular complexity index is 1250. The number of benzene rings is 2. The first-order valence-corrected chi connectivity index (χ1v) is 11.2. The Kier molecular flexibility index (Phi) is 6.67. The van der Waals surface area contributed by atoms with Gasteiger partial charge in [0.2, 0.25) is 0 Å². The number of para-hydroxylation sites is 1. The molecule has 2 heterocycles. The van der Waals surface area contributed by atoms with Gasteiger partial charge in [0.05, 0.1) is 36.7 Å². The van der Waals surface area contributed by atoms with Gasteiger partial charge in [-0.1, -0.05) is 25.1 Å². The monoisotopic (exact) mass is 460 g/mol. The summed E-state index contributed by atoms with van der Waals surface area (Å²) >= 11 is 0. The predicted molar refractivity (Wildman–Crippen MR) is 129 cm³/mol. The molecule has 4 rings (SSSR count). The van der Waals surface area contributed by atoms with Crippen LogP contribution in [-0.4, -0.2) is 35.5 Å². The summed E-state index contributed by atoms with van der Waals surface area (Å²) in [6.07, 6.45) is 2.76. The van der Waals surface area contributed by atoms with Crippen LogP contribution in [0.4, 0.5) is 4.79 Å². The van der Waals surface area contributed by atoms with Crippen molar-refractivity contribution in [1.29, 1.82) is 0 Å². The van der Waals surface area contributed by atoms with Gasteiger partial charge in [-0.05, 0) is 56.2 Å². The van der Waals surface area contributed by atoms with E-state index in [1.54, 1.807) is 11.6 Å². The van der Waals surface area contributed by atoms with E-state index in [0.717, 1.165) is 29.0 Å². The fraction of sp³-hybridized carbons (Fsp3) is 0.269. The van der Waals surface area contributed by atoms with E-state index in [4.69, 9.17) is 14.6 Å². The van der Waals surface area contributed by atoms with E-state index in [1.807, 2.05) is 61.7 Å². The molecule has 1 atom stereocenters. The minimum absolute atomic E-state index is 0.329. The van der Waals surface area contributed by atoms with Crippen molar-refractivity contribution in [3.63, 3.8) is 0 Å². The molecule has 0 fully saturated rings. The van der Waals surface area contributed by atoms with Crippen molar-refractivity contribution in [2.75, 3.05) is 13.7 Å². The van der Waals surface area contributed by atoms with Crippen LogP contribution in [0, 0.1) is 6.92 Å². The number of nitrogens with zero attached hydrogens (tertiary/aromatic N) is 2. The molecule has 0 aliphatic carbocycles. The van der Waals surface area contributed by atoms with Crippen LogP contribution in [0.2, 0.25) is 0 Å². The van der Waals surface area contributed by atoms with Crippen LogP contribution in [0.3, 0.4) is 0 Å². The van der Waals surface area contributed by atoms with Crippen LogP contribution >= 0.6 is 0 Å². The van der Waals surface area contributed by atoms with Gasteiger partial charge < -0.3 is 20.1 Å². The first-order valence-electron chi connectivity index (χ1n) is 11.2. The standard InChI is InChI=1S/C26H28N4O4/c1-5-13-34-21-12-11-18(14-16(21)2)23-20(15-30(29-23)19-9-7-6-8-10-19)24-22(25(31)33-4)17(3)27-26(32)28-24/h6-12,14-15,24H,5,13H2,1-4H3,(H2,27,28,32)/t24-/m0/s1. The predicted octanol–water partition coefficient (Wildman–Crippen LogP) is 4.44. The smallest absolute Gasteiger partial charge is 0.337 e. The highest BCUT2D eigenvalue weighted by molar-refractivity contribution is 5.95. The lowest BCUT2D eigenvalue weighted by Gasteiger charge is -2.27. The minimum atomic E-state index is -0.731. The zero-order valence-electron chi connectivity index (χ0n) is 19.7. The lowest BCUT2D eigenvalue weighted by atomic mass is 9.93. The number of nitrogens with one attached hydrogen (secondary N) is 2. The molecule has 0 saturated heterocycles. The van der Waals surface area contributed by atoms with Crippen molar-refractivity contribution < 1.29 is 19.1 Å². The number of amides is 2. The third-order valence-corrected chi connectivity index (χ3v) is 5.66. The van der Waals surface area contributed by atoms with Crippen LogP contribution in [-0.2, 0) is 9.53 Å². The largest absolute Gasteiger partial charge is 0.493 e. The van der Waals surface area contributed by atoms with Gasteiger partial charge in [-0.15, -0.1) is 0 Å². The van der Waals surface area contributed by atoms with E-state index < -0.39 is 18.0 Å². The molecular formula is C26H28N4O4. The van der Waals surface area contributed by atoms with Gasteiger partial charge in [-0.2, -0.15) is 5.10 Å². The SMILES string of the molecule is CCCOc1ccc(-c2nn(-c3ccccc3)cc2[C@@H]2NC(=O)NC(C)=C2C(=O)OC)cc1C. The molecule has 1 aliphatic rings. The summed E-state index contributed by atoms with van der Waals surface area (Å²) in [5, 5.41) is 10.4. The molecule has 8 heteroatoms. The maximum atomic E-state index is 12.7. The molecule has 2 amide bonds. The summed E-state index contributed by atoms with van der Waals surface area (Å²) in [6.45, 7) is 6.37. The van der Waals surface area contributed by atoms with E-state index in [-0.39, 0.29) is 0 Å². The van der Waals surface area contributed by atoms with E-state index in [1.165, 1.54) is 7.11 Å². The molecule has 0 saturated carbocycles. The van der Waals surface area contributed by atoms with Crippen molar-refractivity contribution in [2.24, 2.45) is 0 Å². The molecule has 3 aromatic rings. The number of allylic oxidation sites excluding steroid dienone is 1. The average Bonchev–Trinajstić information content (AvgIpc) is 3.28. The number of hydrogen-bond donors (Lipinski definition) is 2. The summed E-state index contributed by atoms with van der Waals surface area (Å²) in [7, 11) is 1.32. The van der Waals surface area contributed by atoms with Crippen molar-refractivity contribution >= 4 is 12.0 Å². The number of methoxy groups -OCH3 is 1. The molecule has 8 nitrogen and oxygen atoms in total. The lowest BCUT2D eigenvalue weighted by molar-refractivity contribution is -0.136. The van der Waals surface area contributed by atoms with Crippen molar-refractivity contribution in [3.8, 4) is 22.7 Å². The molecule has 2 N–H and O–H groups in total. The molecule has 2 aromatic carbocycles. The van der Waals surface area contributed by atoms with Crippen LogP contribution in [0.25, 0.3) is 16.9 Å². The van der Waals surface area contributed by atoms with Gasteiger partial charge in [0.1, 0.15) is 5.75 Å². The molecule has 1 aromatic heterocycles. The third kappa shape index (κ3) is 4.52. The zero-order chi connectivity index (χ0) is 24.2. The zero-order valence-corrected chi connectivity index (χ0v) is 19.7. The molecule has 0 unspecified atom stereocenters. The quantitative estimate of drug-likeness (QED) is 0.509. The van der Waals surface area contributed by atoms with Crippen LogP contribution in [0.15, 0.2) is 66.0 Å². The fourth-order valence-corrected chi connectivity index (χ4v) is 4.01. The Labute approximate surface area is 198 Å². The summed E-state index contributed by atoms with van der Waals surface area (Å²) in [6, 6.07) is 14.4. The van der Waals surface area contributed by atoms with Gasteiger partial charge in [-0.25, -0.2) is 14.3 Å². The highest BCUT2D eigenvalue weighted by Crippen LogP contribution is 2.36. The first kappa shape index (κ1) is 23.1. The second-order valence-electron chi connectivity index (χ2n) is 8.10. The van der Waals surface area contributed by atoms with E-state index in [9.17, 15) is 9.59 Å². The van der Waals surface area contributed by atoms with E-state index in [0.29, 0.717) is 29.1 Å². The topological polar surface area (TPSA) is 94.5 Å². The van der Waals surface area contributed by atoms with Crippen molar-refractivity contribution in [1.82, 2.24) is 20.4 Å². The number of rotatable bonds is 7. The summed E-state index contributed by atoms with van der Waals surface area (Å²) < 4.78 is 12.6. The Morgan fingerprint density at radius 2 is 1.91 bits per heavy atom. The number of hydrogen-bond acceptors (Lipinski definition) is 5. The lowest BCUT2D eigenvalue weighted by Crippen LogP contribution is -2.45. The maximum absolute atomic E-state index is 12.7. The molecule has 1 aliphatic heterocycles. The summed E-state index contributed by atoms with van der Waals surface area (Å²) in [5.41, 5.74) is 4.78. The van der Waals surface area contributed by atoms with Gasteiger partial charge in [0, 0.05) is 23.0 Å². The number of esters is 1. The Balaban J connectivity index is 1.88. The number of carbonyl (C=O) groups excluding carboxylic acids is 2. The van der Waals surface area contributed by atoms with Crippen LogP contribution in [0.1, 0.15) is 37.4 Å². The Morgan fingerprint density at radius 3 is 2.59 bits per heavy atom. The number of carbonyl (C=O) groups is 2. The minimum Gasteiger partial charge on any atom is -0.493 e. The number of urea groups is 1. The first-order chi connectivity index (χ1) is 16.4. The van der Waals surface area contributed by atoms with Gasteiger partial charge in [0.25, 0.3) is 0 Å². The molecule has 0 radical (unpaired) electrons. The number of ether oxygens (including phenoxy) is 2. The highest BCUT2D eigenvalue weighted by atomic mass is 16.5. The Morgan fingerprint density at radius 1 is 1.15 bits per heavy atom. The molecule has 176 valence electrons. The molecule has 0 bridgehead atoms. The van der Waals surface area contributed by atoms with Gasteiger partial charge >= 0.3 is 12.0 Å². The number of aryl methyl sites for hydroxylation is 1. The third-order valence-electron chi connectivity index (χ3n) is 5.66. The highest BCUT2D eigenvalue weighted by Gasteiger charge is 2.35. The normalized spacial score (nSPS) is 15.5. The second kappa shape index (κ2) is 9.82. The summed E-state index contributed by atoms with van der Waals surface area (Å²) in [5.74, 6) is 0.295. The fourth-order valence-electron chi connectivity index (χ4n) is 4.01. The van der Waals surface area contributed by atoms with E-state index in [2.05, 4.69) is 17.6 Å². The van der Waals surface area contributed by atoms with E-state index >= 15 is 0 Å². The van der Waals surface area contributed by atoms with Crippen molar-refractivity contribution in [3.05, 3.63) is 77.1 Å².